The highest BCUT2D eigenvalue weighted by Gasteiger charge is 2.12. The lowest BCUT2D eigenvalue weighted by Gasteiger charge is -2.18. The molecule has 0 aliphatic carbocycles. The van der Waals surface area contributed by atoms with Crippen LogP contribution in [-0.4, -0.2) is 0 Å². The Hall–Kier alpha value is -0.0900. The van der Waals surface area contributed by atoms with Gasteiger partial charge in [0.1, 0.15) is 0 Å². The fourth-order valence-electron chi connectivity index (χ4n) is 1.27. The molecule has 1 nitrogen and oxygen atoms in total. The molecule has 72 valence electrons. The standard InChI is InChI=1S/C11H16IN/c1-3-8(2)11(13)9-4-6-10(12)7-5-9/h4-8,11H,3,13H2,1-2H3/t8?,11-/m0/s1. The van der Waals surface area contributed by atoms with Crippen LogP contribution in [-0.2, 0) is 0 Å². The van der Waals surface area contributed by atoms with E-state index < -0.39 is 0 Å². The summed E-state index contributed by atoms with van der Waals surface area (Å²) < 4.78 is 1.26. The first kappa shape index (κ1) is 11.0. The van der Waals surface area contributed by atoms with Crippen molar-refractivity contribution in [1.82, 2.24) is 0 Å². The van der Waals surface area contributed by atoms with Gasteiger partial charge in [0, 0.05) is 9.61 Å². The van der Waals surface area contributed by atoms with Gasteiger partial charge in [0.05, 0.1) is 0 Å². The van der Waals surface area contributed by atoms with E-state index in [2.05, 4.69) is 60.7 Å². The fourth-order valence-corrected chi connectivity index (χ4v) is 1.63. The second-order valence-corrected chi connectivity index (χ2v) is 4.71. The van der Waals surface area contributed by atoms with Crippen molar-refractivity contribution >= 4 is 22.6 Å². The molecule has 1 aromatic rings. The zero-order valence-electron chi connectivity index (χ0n) is 8.13. The molecule has 13 heavy (non-hydrogen) atoms. The van der Waals surface area contributed by atoms with Gasteiger partial charge in [-0.15, -0.1) is 0 Å². The summed E-state index contributed by atoms with van der Waals surface area (Å²) in [6.45, 7) is 4.37. The van der Waals surface area contributed by atoms with Gasteiger partial charge in [-0.05, 0) is 46.2 Å². The maximum atomic E-state index is 6.10. The summed E-state index contributed by atoms with van der Waals surface area (Å²) in [7, 11) is 0. The Balaban J connectivity index is 2.77. The van der Waals surface area contributed by atoms with Crippen LogP contribution in [0.15, 0.2) is 24.3 Å². The minimum absolute atomic E-state index is 0.182. The fraction of sp³-hybridized carbons (Fsp3) is 0.455. The molecular formula is C11H16IN. The van der Waals surface area contributed by atoms with Crippen molar-refractivity contribution in [2.24, 2.45) is 11.7 Å². The molecule has 0 amide bonds. The van der Waals surface area contributed by atoms with Crippen LogP contribution in [0, 0.1) is 9.49 Å². The van der Waals surface area contributed by atoms with E-state index in [0.717, 1.165) is 6.42 Å². The minimum atomic E-state index is 0.182. The van der Waals surface area contributed by atoms with E-state index >= 15 is 0 Å². The summed E-state index contributed by atoms with van der Waals surface area (Å²) in [4.78, 5) is 0. The Morgan fingerprint density at radius 2 is 1.85 bits per heavy atom. The average Bonchev–Trinajstić information content (AvgIpc) is 2.17. The number of hydrogen-bond acceptors (Lipinski definition) is 1. The monoisotopic (exact) mass is 289 g/mol. The van der Waals surface area contributed by atoms with Crippen molar-refractivity contribution < 1.29 is 0 Å². The van der Waals surface area contributed by atoms with Gasteiger partial charge in [0.2, 0.25) is 0 Å². The maximum Gasteiger partial charge on any atom is 0.0320 e. The Bertz CT molecular complexity index is 255. The van der Waals surface area contributed by atoms with Gasteiger partial charge >= 0.3 is 0 Å². The summed E-state index contributed by atoms with van der Waals surface area (Å²) in [6.07, 6.45) is 1.13. The third kappa shape index (κ3) is 2.95. The van der Waals surface area contributed by atoms with Crippen LogP contribution >= 0.6 is 22.6 Å². The van der Waals surface area contributed by atoms with E-state index in [1.165, 1.54) is 9.13 Å². The molecule has 1 unspecified atom stereocenters. The lowest BCUT2D eigenvalue weighted by molar-refractivity contribution is 0.457. The van der Waals surface area contributed by atoms with Crippen LogP contribution in [0.2, 0.25) is 0 Å². The lowest BCUT2D eigenvalue weighted by Crippen LogP contribution is -2.18. The molecule has 0 bridgehead atoms. The molecule has 0 saturated carbocycles. The van der Waals surface area contributed by atoms with Crippen molar-refractivity contribution in [3.8, 4) is 0 Å². The van der Waals surface area contributed by atoms with Crippen LogP contribution in [0.5, 0.6) is 0 Å². The van der Waals surface area contributed by atoms with Crippen LogP contribution < -0.4 is 5.73 Å². The third-order valence-corrected chi connectivity index (χ3v) is 3.23. The molecule has 0 aliphatic heterocycles. The van der Waals surface area contributed by atoms with E-state index in [1.54, 1.807) is 0 Å². The SMILES string of the molecule is CCC(C)[C@H](N)c1ccc(I)cc1. The highest BCUT2D eigenvalue weighted by Crippen LogP contribution is 2.22. The Kier molecular flexibility index (Phi) is 4.19. The molecular weight excluding hydrogens is 273 g/mol. The van der Waals surface area contributed by atoms with Crippen LogP contribution in [0.25, 0.3) is 0 Å². The number of halogens is 1. The zero-order valence-corrected chi connectivity index (χ0v) is 10.3. The summed E-state index contributed by atoms with van der Waals surface area (Å²) in [5.74, 6) is 0.556. The zero-order chi connectivity index (χ0) is 9.84. The first-order chi connectivity index (χ1) is 6.15. The van der Waals surface area contributed by atoms with E-state index in [9.17, 15) is 0 Å². The molecule has 0 radical (unpaired) electrons. The van der Waals surface area contributed by atoms with Crippen molar-refractivity contribution in [3.63, 3.8) is 0 Å². The van der Waals surface area contributed by atoms with Crippen LogP contribution in [0.4, 0.5) is 0 Å². The van der Waals surface area contributed by atoms with E-state index in [0.29, 0.717) is 5.92 Å². The van der Waals surface area contributed by atoms with Crippen molar-refractivity contribution in [1.29, 1.82) is 0 Å². The van der Waals surface area contributed by atoms with Gasteiger partial charge in [-0.25, -0.2) is 0 Å². The molecule has 0 spiro atoms. The molecule has 2 heteroatoms. The number of hydrogen-bond donors (Lipinski definition) is 1. The first-order valence-corrected chi connectivity index (χ1v) is 5.74. The largest absolute Gasteiger partial charge is 0.324 e. The third-order valence-electron chi connectivity index (χ3n) is 2.51. The average molecular weight is 289 g/mol. The molecule has 0 heterocycles. The van der Waals surface area contributed by atoms with E-state index in [-0.39, 0.29) is 6.04 Å². The normalized spacial score (nSPS) is 15.4. The Labute approximate surface area is 93.9 Å². The summed E-state index contributed by atoms with van der Waals surface area (Å²) in [5.41, 5.74) is 7.34. The van der Waals surface area contributed by atoms with Gasteiger partial charge < -0.3 is 5.73 Å². The van der Waals surface area contributed by atoms with Crippen molar-refractivity contribution in [2.45, 2.75) is 26.3 Å². The van der Waals surface area contributed by atoms with Gasteiger partial charge in [0.25, 0.3) is 0 Å². The quantitative estimate of drug-likeness (QED) is 0.849. The van der Waals surface area contributed by atoms with E-state index in [1.807, 2.05) is 0 Å². The molecule has 0 aromatic heterocycles. The molecule has 2 N–H and O–H groups in total. The highest BCUT2D eigenvalue weighted by atomic mass is 127. The number of nitrogens with two attached hydrogens (primary N) is 1. The van der Waals surface area contributed by atoms with Crippen LogP contribution in [0.3, 0.4) is 0 Å². The molecule has 2 atom stereocenters. The molecule has 0 aliphatic rings. The Morgan fingerprint density at radius 1 is 1.31 bits per heavy atom. The van der Waals surface area contributed by atoms with Gasteiger partial charge in [-0.3, -0.25) is 0 Å². The highest BCUT2D eigenvalue weighted by molar-refractivity contribution is 14.1. The number of rotatable bonds is 3. The van der Waals surface area contributed by atoms with Crippen molar-refractivity contribution in [3.05, 3.63) is 33.4 Å². The predicted molar refractivity (Wildman–Crippen MR) is 65.5 cm³/mol. The predicted octanol–water partition coefficient (Wildman–Crippen LogP) is 3.34. The van der Waals surface area contributed by atoms with Crippen molar-refractivity contribution in [2.75, 3.05) is 0 Å². The van der Waals surface area contributed by atoms with E-state index in [4.69, 9.17) is 5.73 Å². The molecule has 0 fully saturated rings. The first-order valence-electron chi connectivity index (χ1n) is 4.66. The summed E-state index contributed by atoms with van der Waals surface area (Å²) >= 11 is 2.31. The lowest BCUT2D eigenvalue weighted by atomic mass is 9.93. The topological polar surface area (TPSA) is 26.0 Å². The maximum absolute atomic E-state index is 6.10. The van der Waals surface area contributed by atoms with Gasteiger partial charge in [-0.1, -0.05) is 32.4 Å². The van der Waals surface area contributed by atoms with Crippen LogP contribution in [0.1, 0.15) is 31.9 Å². The summed E-state index contributed by atoms with van der Waals surface area (Å²) in [6, 6.07) is 8.65. The van der Waals surface area contributed by atoms with Gasteiger partial charge in [0.15, 0.2) is 0 Å². The minimum Gasteiger partial charge on any atom is -0.324 e. The van der Waals surface area contributed by atoms with Gasteiger partial charge in [-0.2, -0.15) is 0 Å². The summed E-state index contributed by atoms with van der Waals surface area (Å²) in [5, 5.41) is 0. The second-order valence-electron chi connectivity index (χ2n) is 3.46. The number of benzene rings is 1. The smallest absolute Gasteiger partial charge is 0.0320 e. The second kappa shape index (κ2) is 4.96. The Morgan fingerprint density at radius 3 is 2.31 bits per heavy atom. The molecule has 0 saturated heterocycles. The molecule has 1 aromatic carbocycles. The molecule has 1 rings (SSSR count).